The van der Waals surface area contributed by atoms with Crippen LogP contribution in [0.2, 0.25) is 0 Å². The number of hydrogen-bond acceptors (Lipinski definition) is 9. The van der Waals surface area contributed by atoms with Crippen LogP contribution in [-0.4, -0.2) is 65.2 Å². The van der Waals surface area contributed by atoms with E-state index in [1.165, 1.54) is 7.11 Å². The highest BCUT2D eigenvalue weighted by Gasteiger charge is 2.34. The summed E-state index contributed by atoms with van der Waals surface area (Å²) in [6.07, 6.45) is 2.40. The van der Waals surface area contributed by atoms with Crippen molar-refractivity contribution in [3.8, 4) is 17.2 Å². The maximum atomic E-state index is 12.6. The molecule has 1 aliphatic rings. The Morgan fingerprint density at radius 2 is 1.82 bits per heavy atom. The van der Waals surface area contributed by atoms with Crippen LogP contribution >= 0.6 is 0 Å². The summed E-state index contributed by atoms with van der Waals surface area (Å²) >= 11 is 0. The first-order valence-corrected chi connectivity index (χ1v) is 13.1. The van der Waals surface area contributed by atoms with E-state index in [0.29, 0.717) is 44.5 Å². The van der Waals surface area contributed by atoms with E-state index >= 15 is 0 Å². The number of ether oxygens (including phenoxy) is 2. The number of rotatable bonds is 9. The molecule has 0 amide bonds. The standard InChI is InChI=1S/C30H33N5O4/c1-21-13-15-31-30(32-21)35-17-16-34(27(20-35)29(36)37-3)19-23-9-11-25(12-10-23)38-18-14-26-22(2)39-28(33-26)24-7-5-4-6-8-24/h4-13,15,27H,14,16-20H2,1-3H3. The molecule has 9 heteroatoms. The SMILES string of the molecule is COC(=O)C1CN(c2nccc(C)n2)CCN1Cc1ccc(OCCc2nc(-c3ccccc3)oc2C)cc1. The van der Waals surface area contributed by atoms with Crippen molar-refractivity contribution in [2.45, 2.75) is 32.9 Å². The average Bonchev–Trinajstić information content (AvgIpc) is 3.34. The van der Waals surface area contributed by atoms with Crippen molar-refractivity contribution in [2.24, 2.45) is 0 Å². The molecule has 202 valence electrons. The Hall–Kier alpha value is -4.24. The highest BCUT2D eigenvalue weighted by Crippen LogP contribution is 2.23. The molecule has 0 bridgehead atoms. The van der Waals surface area contributed by atoms with Crippen LogP contribution in [0.3, 0.4) is 0 Å². The summed E-state index contributed by atoms with van der Waals surface area (Å²) in [5.74, 6) is 2.61. The summed E-state index contributed by atoms with van der Waals surface area (Å²) in [5, 5.41) is 0. The van der Waals surface area contributed by atoms with Crippen LogP contribution < -0.4 is 9.64 Å². The first-order valence-electron chi connectivity index (χ1n) is 13.1. The van der Waals surface area contributed by atoms with E-state index in [1.54, 1.807) is 6.20 Å². The van der Waals surface area contributed by atoms with Crippen LogP contribution in [-0.2, 0) is 22.5 Å². The molecule has 39 heavy (non-hydrogen) atoms. The van der Waals surface area contributed by atoms with Crippen LogP contribution in [0.4, 0.5) is 5.95 Å². The Kier molecular flexibility index (Phi) is 8.17. The summed E-state index contributed by atoms with van der Waals surface area (Å²) in [5.41, 5.74) is 3.85. The lowest BCUT2D eigenvalue weighted by Gasteiger charge is -2.39. The van der Waals surface area contributed by atoms with Gasteiger partial charge in [0.15, 0.2) is 0 Å². The molecule has 0 radical (unpaired) electrons. The maximum Gasteiger partial charge on any atom is 0.324 e. The molecule has 2 aromatic carbocycles. The van der Waals surface area contributed by atoms with Crippen LogP contribution in [0.25, 0.3) is 11.5 Å². The fourth-order valence-electron chi connectivity index (χ4n) is 4.69. The number of aromatic nitrogens is 3. The van der Waals surface area contributed by atoms with E-state index in [1.807, 2.05) is 79.4 Å². The Morgan fingerprint density at radius 1 is 1.03 bits per heavy atom. The molecular weight excluding hydrogens is 494 g/mol. The van der Waals surface area contributed by atoms with Crippen molar-refractivity contribution in [1.82, 2.24) is 19.9 Å². The normalized spacial score (nSPS) is 15.8. The summed E-state index contributed by atoms with van der Waals surface area (Å²) in [7, 11) is 1.43. The Balaban J connectivity index is 1.16. The van der Waals surface area contributed by atoms with Gasteiger partial charge in [-0.15, -0.1) is 0 Å². The van der Waals surface area contributed by atoms with Gasteiger partial charge in [0.25, 0.3) is 0 Å². The summed E-state index contributed by atoms with van der Waals surface area (Å²) in [6, 6.07) is 19.3. The fraction of sp³-hybridized carbons (Fsp3) is 0.333. The van der Waals surface area contributed by atoms with Gasteiger partial charge in [-0.05, 0) is 49.7 Å². The number of carbonyl (C=O) groups is 1. The predicted octanol–water partition coefficient (Wildman–Crippen LogP) is 4.23. The van der Waals surface area contributed by atoms with E-state index in [9.17, 15) is 4.79 Å². The molecule has 1 atom stereocenters. The summed E-state index contributed by atoms with van der Waals surface area (Å²) in [4.78, 5) is 30.4. The molecular formula is C30H33N5O4. The highest BCUT2D eigenvalue weighted by atomic mass is 16.5. The first kappa shape index (κ1) is 26.4. The smallest absolute Gasteiger partial charge is 0.324 e. The van der Waals surface area contributed by atoms with E-state index in [-0.39, 0.29) is 5.97 Å². The number of anilines is 1. The monoisotopic (exact) mass is 527 g/mol. The molecule has 1 aliphatic heterocycles. The number of piperazine rings is 1. The van der Waals surface area contributed by atoms with E-state index in [0.717, 1.165) is 40.6 Å². The van der Waals surface area contributed by atoms with Crippen LogP contribution in [0.5, 0.6) is 5.75 Å². The van der Waals surface area contributed by atoms with Gasteiger partial charge in [0.1, 0.15) is 17.6 Å². The molecule has 1 fully saturated rings. The number of oxazole rings is 1. The molecule has 1 saturated heterocycles. The Bertz CT molecular complexity index is 1390. The van der Waals surface area contributed by atoms with Crippen molar-refractivity contribution in [1.29, 1.82) is 0 Å². The number of carbonyl (C=O) groups excluding carboxylic acids is 1. The molecule has 0 saturated carbocycles. The van der Waals surface area contributed by atoms with Gasteiger partial charge in [0.05, 0.1) is 19.4 Å². The van der Waals surface area contributed by atoms with Gasteiger partial charge in [0.2, 0.25) is 11.8 Å². The van der Waals surface area contributed by atoms with Crippen molar-refractivity contribution in [3.05, 3.63) is 89.6 Å². The van der Waals surface area contributed by atoms with Crippen molar-refractivity contribution < 1.29 is 18.7 Å². The maximum absolute atomic E-state index is 12.6. The highest BCUT2D eigenvalue weighted by molar-refractivity contribution is 5.76. The molecule has 3 heterocycles. The molecule has 0 spiro atoms. The van der Waals surface area contributed by atoms with Gasteiger partial charge in [-0.25, -0.2) is 15.0 Å². The van der Waals surface area contributed by atoms with E-state index in [2.05, 4.69) is 19.9 Å². The minimum Gasteiger partial charge on any atom is -0.493 e. The largest absolute Gasteiger partial charge is 0.493 e. The second kappa shape index (κ2) is 12.1. The van der Waals surface area contributed by atoms with Gasteiger partial charge in [-0.2, -0.15) is 0 Å². The molecule has 9 nitrogen and oxygen atoms in total. The minimum atomic E-state index is -0.407. The number of aryl methyl sites for hydroxylation is 2. The lowest BCUT2D eigenvalue weighted by atomic mass is 10.1. The van der Waals surface area contributed by atoms with E-state index in [4.69, 9.17) is 13.9 Å². The van der Waals surface area contributed by atoms with Gasteiger partial charge < -0.3 is 18.8 Å². The number of benzene rings is 2. The molecule has 0 aliphatic carbocycles. The molecule has 4 aromatic rings. The Morgan fingerprint density at radius 3 is 2.56 bits per heavy atom. The fourth-order valence-corrected chi connectivity index (χ4v) is 4.69. The zero-order chi connectivity index (χ0) is 27.2. The third-order valence-electron chi connectivity index (χ3n) is 6.86. The minimum absolute atomic E-state index is 0.258. The Labute approximate surface area is 228 Å². The first-order chi connectivity index (χ1) is 19.0. The molecule has 1 unspecified atom stereocenters. The van der Waals surface area contributed by atoms with Crippen LogP contribution in [0, 0.1) is 13.8 Å². The van der Waals surface area contributed by atoms with Gasteiger partial charge in [-0.1, -0.05) is 30.3 Å². The van der Waals surface area contributed by atoms with Crippen molar-refractivity contribution >= 4 is 11.9 Å². The number of hydrogen-bond donors (Lipinski definition) is 0. The zero-order valence-corrected chi connectivity index (χ0v) is 22.5. The van der Waals surface area contributed by atoms with E-state index < -0.39 is 6.04 Å². The number of methoxy groups -OCH3 is 1. The second-order valence-electron chi connectivity index (χ2n) is 9.58. The predicted molar refractivity (Wildman–Crippen MR) is 148 cm³/mol. The number of nitrogens with zero attached hydrogens (tertiary/aromatic N) is 5. The van der Waals surface area contributed by atoms with Crippen LogP contribution in [0.15, 0.2) is 71.3 Å². The van der Waals surface area contributed by atoms with Crippen molar-refractivity contribution in [2.75, 3.05) is 38.3 Å². The van der Waals surface area contributed by atoms with Gasteiger partial charge >= 0.3 is 5.97 Å². The second-order valence-corrected chi connectivity index (χ2v) is 9.58. The lowest BCUT2D eigenvalue weighted by molar-refractivity contribution is -0.147. The summed E-state index contributed by atoms with van der Waals surface area (Å²) in [6.45, 7) is 6.88. The van der Waals surface area contributed by atoms with Gasteiger partial charge in [-0.3, -0.25) is 9.69 Å². The summed E-state index contributed by atoms with van der Waals surface area (Å²) < 4.78 is 17.0. The van der Waals surface area contributed by atoms with Crippen LogP contribution in [0.1, 0.15) is 22.7 Å². The molecule has 2 aromatic heterocycles. The molecule has 5 rings (SSSR count). The lowest BCUT2D eigenvalue weighted by Crippen LogP contribution is -2.56. The quantitative estimate of drug-likeness (QED) is 0.296. The topological polar surface area (TPSA) is 93.8 Å². The third kappa shape index (κ3) is 6.43. The number of esters is 1. The average molecular weight is 528 g/mol. The zero-order valence-electron chi connectivity index (χ0n) is 22.5. The van der Waals surface area contributed by atoms with Crippen molar-refractivity contribution in [3.63, 3.8) is 0 Å². The molecule has 0 N–H and O–H groups in total. The van der Waals surface area contributed by atoms with Gasteiger partial charge in [0, 0.05) is 50.1 Å². The third-order valence-corrected chi connectivity index (χ3v) is 6.86.